The van der Waals surface area contributed by atoms with E-state index in [2.05, 4.69) is 15.2 Å². The summed E-state index contributed by atoms with van der Waals surface area (Å²) in [5.41, 5.74) is 3.60. The Kier molecular flexibility index (Phi) is 6.77. The lowest BCUT2D eigenvalue weighted by molar-refractivity contribution is 0.123. The van der Waals surface area contributed by atoms with Crippen LogP contribution in [-0.4, -0.2) is 61.5 Å². The third kappa shape index (κ3) is 4.91. The number of benzene rings is 1. The first-order chi connectivity index (χ1) is 16.9. The van der Waals surface area contributed by atoms with Crippen LogP contribution in [0.3, 0.4) is 0 Å². The number of fused-ring (bicyclic) bond motifs is 1. The van der Waals surface area contributed by atoms with E-state index in [9.17, 15) is 13.2 Å². The Labute approximate surface area is 205 Å². The second-order valence-electron chi connectivity index (χ2n) is 9.07. The number of pyridine rings is 1. The van der Waals surface area contributed by atoms with Gasteiger partial charge in [-0.3, -0.25) is 9.20 Å². The van der Waals surface area contributed by atoms with E-state index in [0.29, 0.717) is 49.9 Å². The van der Waals surface area contributed by atoms with Crippen LogP contribution >= 0.6 is 0 Å². The summed E-state index contributed by atoms with van der Waals surface area (Å²) in [6, 6.07) is 10.5. The average Bonchev–Trinajstić information content (AvgIpc) is 2.89. The van der Waals surface area contributed by atoms with E-state index in [1.165, 1.54) is 10.5 Å². The van der Waals surface area contributed by atoms with Crippen molar-refractivity contribution in [1.82, 2.24) is 13.7 Å². The van der Waals surface area contributed by atoms with E-state index >= 15 is 0 Å². The number of piperidine rings is 1. The molecule has 2 fully saturated rings. The Bertz CT molecular complexity index is 1380. The summed E-state index contributed by atoms with van der Waals surface area (Å²) >= 11 is 0. The largest absolute Gasteiger partial charge is 0.378 e. The van der Waals surface area contributed by atoms with Crippen LogP contribution in [0.2, 0.25) is 0 Å². The number of nitrogens with zero attached hydrogens (tertiary/aromatic N) is 4. The molecule has 9 nitrogen and oxygen atoms in total. The van der Waals surface area contributed by atoms with Crippen LogP contribution in [0, 0.1) is 6.92 Å². The molecule has 2 aromatic heterocycles. The van der Waals surface area contributed by atoms with E-state index in [1.54, 1.807) is 22.6 Å². The summed E-state index contributed by atoms with van der Waals surface area (Å²) in [5, 5.41) is 3.38. The standard InChI is InChI=1S/C25H31N5O4S/c1-19-6-5-11-30-24(31)16-20(27-25(19)30)18-26-22-17-21(35(32,33)29-9-3-2-4-10-29)7-8-23(22)28-12-14-34-15-13-28/h5-8,11,16-17,26H,2-4,9-10,12-15,18H2,1H3. The number of hydrogen-bond acceptors (Lipinski definition) is 7. The lowest BCUT2D eigenvalue weighted by Gasteiger charge is -2.31. The Balaban J connectivity index is 1.48. The van der Waals surface area contributed by atoms with Crippen LogP contribution in [-0.2, 0) is 21.3 Å². The highest BCUT2D eigenvalue weighted by atomic mass is 32.2. The second-order valence-corrected chi connectivity index (χ2v) is 11.0. The van der Waals surface area contributed by atoms with Crippen molar-refractivity contribution >= 4 is 27.0 Å². The fraction of sp³-hybridized carbons (Fsp3) is 0.440. The predicted octanol–water partition coefficient (Wildman–Crippen LogP) is 2.63. The third-order valence-corrected chi connectivity index (χ3v) is 8.57. The minimum Gasteiger partial charge on any atom is -0.378 e. The summed E-state index contributed by atoms with van der Waals surface area (Å²) in [5.74, 6) is 0. The molecule has 35 heavy (non-hydrogen) atoms. The lowest BCUT2D eigenvalue weighted by atomic mass is 10.2. The summed E-state index contributed by atoms with van der Waals surface area (Å²) in [4.78, 5) is 19.8. The summed E-state index contributed by atoms with van der Waals surface area (Å²) < 4.78 is 35.3. The molecule has 5 rings (SSSR count). The first-order valence-corrected chi connectivity index (χ1v) is 13.6. The smallest absolute Gasteiger partial charge is 0.258 e. The molecule has 0 amide bonds. The summed E-state index contributed by atoms with van der Waals surface area (Å²) in [6.07, 6.45) is 4.55. The number of morpholine rings is 1. The van der Waals surface area contributed by atoms with E-state index in [0.717, 1.165) is 43.6 Å². The van der Waals surface area contributed by atoms with Crippen LogP contribution in [0.1, 0.15) is 30.5 Å². The summed E-state index contributed by atoms with van der Waals surface area (Å²) in [6.45, 7) is 6.02. The minimum atomic E-state index is -3.57. The van der Waals surface area contributed by atoms with Gasteiger partial charge in [0.2, 0.25) is 10.0 Å². The fourth-order valence-electron chi connectivity index (χ4n) is 4.74. The SMILES string of the molecule is Cc1cccn2c(=O)cc(CNc3cc(S(=O)(=O)N4CCCCC4)ccc3N3CCOCC3)nc12. The fourth-order valence-corrected chi connectivity index (χ4v) is 6.28. The molecule has 2 aliphatic heterocycles. The molecule has 4 heterocycles. The first-order valence-electron chi connectivity index (χ1n) is 12.1. The lowest BCUT2D eigenvalue weighted by Crippen LogP contribution is -2.37. The maximum absolute atomic E-state index is 13.3. The van der Waals surface area contributed by atoms with E-state index < -0.39 is 10.0 Å². The molecule has 1 N–H and O–H groups in total. The van der Waals surface area contributed by atoms with E-state index in [4.69, 9.17) is 4.74 Å². The first kappa shape index (κ1) is 23.8. The minimum absolute atomic E-state index is 0.148. The van der Waals surface area contributed by atoms with Crippen LogP contribution in [0.25, 0.3) is 5.65 Å². The zero-order chi connectivity index (χ0) is 24.4. The molecule has 2 saturated heterocycles. The molecule has 0 atom stereocenters. The van der Waals surface area contributed by atoms with Gasteiger partial charge in [0.05, 0.1) is 41.7 Å². The summed E-state index contributed by atoms with van der Waals surface area (Å²) in [7, 11) is -3.57. The highest BCUT2D eigenvalue weighted by molar-refractivity contribution is 7.89. The van der Waals surface area contributed by atoms with Crippen molar-refractivity contribution in [2.75, 3.05) is 49.6 Å². The predicted molar refractivity (Wildman–Crippen MR) is 136 cm³/mol. The monoisotopic (exact) mass is 497 g/mol. The molecule has 1 aromatic carbocycles. The molecule has 3 aromatic rings. The van der Waals surface area contributed by atoms with Crippen LogP contribution < -0.4 is 15.8 Å². The molecule has 0 aliphatic carbocycles. The Morgan fingerprint density at radius 1 is 1.03 bits per heavy atom. The molecular weight excluding hydrogens is 466 g/mol. The van der Waals surface area contributed by atoms with Gasteiger partial charge in [0.15, 0.2) is 0 Å². The normalized spacial score (nSPS) is 17.6. The van der Waals surface area contributed by atoms with Crippen molar-refractivity contribution < 1.29 is 13.2 Å². The quantitative estimate of drug-likeness (QED) is 0.559. The topological polar surface area (TPSA) is 96.2 Å². The van der Waals surface area contributed by atoms with Crippen molar-refractivity contribution in [3.05, 3.63) is 64.2 Å². The van der Waals surface area contributed by atoms with Crippen molar-refractivity contribution in [2.24, 2.45) is 0 Å². The highest BCUT2D eigenvalue weighted by Gasteiger charge is 2.27. The molecule has 2 aliphatic rings. The van der Waals surface area contributed by atoms with Gasteiger partial charge in [-0.15, -0.1) is 0 Å². The van der Waals surface area contributed by atoms with Gasteiger partial charge >= 0.3 is 0 Å². The number of nitrogens with one attached hydrogen (secondary N) is 1. The number of aromatic nitrogens is 2. The van der Waals surface area contributed by atoms with E-state index in [1.807, 2.05) is 25.1 Å². The zero-order valence-electron chi connectivity index (χ0n) is 19.9. The molecule has 0 unspecified atom stereocenters. The van der Waals surface area contributed by atoms with Crippen LogP contribution in [0.5, 0.6) is 0 Å². The molecule has 0 saturated carbocycles. The second kappa shape index (κ2) is 9.96. The van der Waals surface area contributed by atoms with Crippen molar-refractivity contribution in [3.8, 4) is 0 Å². The van der Waals surface area contributed by atoms with Crippen molar-refractivity contribution in [3.63, 3.8) is 0 Å². The molecule has 0 spiro atoms. The molecule has 186 valence electrons. The van der Waals surface area contributed by atoms with Gasteiger partial charge < -0.3 is 15.0 Å². The van der Waals surface area contributed by atoms with Crippen molar-refractivity contribution in [1.29, 1.82) is 0 Å². The number of rotatable bonds is 6. The zero-order valence-corrected chi connectivity index (χ0v) is 20.8. The van der Waals surface area contributed by atoms with Gasteiger partial charge in [0.1, 0.15) is 5.65 Å². The van der Waals surface area contributed by atoms with Gasteiger partial charge in [0.25, 0.3) is 5.56 Å². The Morgan fingerprint density at radius 2 is 1.80 bits per heavy atom. The number of ether oxygens (including phenoxy) is 1. The maximum Gasteiger partial charge on any atom is 0.258 e. The van der Waals surface area contributed by atoms with E-state index in [-0.39, 0.29) is 10.5 Å². The Morgan fingerprint density at radius 3 is 2.57 bits per heavy atom. The van der Waals surface area contributed by atoms with Gasteiger partial charge in [-0.2, -0.15) is 4.31 Å². The van der Waals surface area contributed by atoms with Gasteiger partial charge in [-0.1, -0.05) is 12.5 Å². The molecule has 10 heteroatoms. The Hall–Kier alpha value is -2.95. The number of aryl methyl sites for hydroxylation is 1. The van der Waals surface area contributed by atoms with Crippen LogP contribution in [0.4, 0.5) is 11.4 Å². The molecule has 0 radical (unpaired) electrons. The average molecular weight is 498 g/mol. The maximum atomic E-state index is 13.3. The third-order valence-electron chi connectivity index (χ3n) is 6.67. The van der Waals surface area contributed by atoms with Crippen molar-refractivity contribution in [2.45, 2.75) is 37.6 Å². The van der Waals surface area contributed by atoms with Gasteiger partial charge in [0, 0.05) is 38.4 Å². The molecular formula is C25H31N5O4S. The molecule has 0 bridgehead atoms. The number of sulfonamides is 1. The van der Waals surface area contributed by atoms with Gasteiger partial charge in [-0.05, 0) is 49.6 Å². The number of hydrogen-bond donors (Lipinski definition) is 1. The number of anilines is 2. The van der Waals surface area contributed by atoms with Crippen LogP contribution in [0.15, 0.2) is 52.3 Å². The highest BCUT2D eigenvalue weighted by Crippen LogP contribution is 2.32. The van der Waals surface area contributed by atoms with Gasteiger partial charge in [-0.25, -0.2) is 13.4 Å².